The van der Waals surface area contributed by atoms with E-state index in [1.807, 2.05) is 45.0 Å². The van der Waals surface area contributed by atoms with E-state index in [9.17, 15) is 4.79 Å². The molecule has 4 nitrogen and oxygen atoms in total. The van der Waals surface area contributed by atoms with Gasteiger partial charge in [-0.05, 0) is 45.0 Å². The third-order valence-corrected chi connectivity index (χ3v) is 2.66. The van der Waals surface area contributed by atoms with Gasteiger partial charge in [0.25, 0.3) is 5.91 Å². The SMILES string of the molecule is Cc1ccc(NC(=O)c2ccccc2OC(C)C)cn1. The number of hydrogen-bond acceptors (Lipinski definition) is 3. The lowest BCUT2D eigenvalue weighted by Crippen LogP contribution is -2.15. The predicted molar refractivity (Wildman–Crippen MR) is 79.1 cm³/mol. The van der Waals surface area contributed by atoms with Crippen LogP contribution in [0.25, 0.3) is 0 Å². The Morgan fingerprint density at radius 2 is 1.95 bits per heavy atom. The number of nitrogens with zero attached hydrogens (tertiary/aromatic N) is 1. The monoisotopic (exact) mass is 270 g/mol. The van der Waals surface area contributed by atoms with Crippen LogP contribution in [0.5, 0.6) is 5.75 Å². The number of aryl methyl sites for hydroxylation is 1. The average Bonchev–Trinajstić information content (AvgIpc) is 2.41. The van der Waals surface area contributed by atoms with E-state index in [0.29, 0.717) is 17.0 Å². The zero-order chi connectivity index (χ0) is 14.5. The molecule has 0 aliphatic carbocycles. The maximum Gasteiger partial charge on any atom is 0.259 e. The Balaban J connectivity index is 2.18. The van der Waals surface area contributed by atoms with Crippen molar-refractivity contribution in [3.05, 3.63) is 53.9 Å². The molecule has 0 aliphatic rings. The van der Waals surface area contributed by atoms with Crippen LogP contribution in [0.15, 0.2) is 42.6 Å². The highest BCUT2D eigenvalue weighted by molar-refractivity contribution is 6.06. The fourth-order valence-corrected chi connectivity index (χ4v) is 1.75. The van der Waals surface area contributed by atoms with Crippen LogP contribution in [-0.4, -0.2) is 17.0 Å². The van der Waals surface area contributed by atoms with Crippen molar-refractivity contribution < 1.29 is 9.53 Å². The molecule has 0 atom stereocenters. The molecular weight excluding hydrogens is 252 g/mol. The topological polar surface area (TPSA) is 51.2 Å². The van der Waals surface area contributed by atoms with Gasteiger partial charge in [-0.3, -0.25) is 9.78 Å². The molecule has 1 aromatic carbocycles. The largest absolute Gasteiger partial charge is 0.490 e. The van der Waals surface area contributed by atoms with Gasteiger partial charge in [-0.25, -0.2) is 0 Å². The molecule has 2 aromatic rings. The van der Waals surface area contributed by atoms with Gasteiger partial charge < -0.3 is 10.1 Å². The van der Waals surface area contributed by atoms with Crippen molar-refractivity contribution in [3.8, 4) is 5.75 Å². The number of nitrogens with one attached hydrogen (secondary N) is 1. The first kappa shape index (κ1) is 14.1. The molecule has 0 saturated carbocycles. The Bertz CT molecular complexity index is 592. The Morgan fingerprint density at radius 1 is 1.20 bits per heavy atom. The molecule has 0 radical (unpaired) electrons. The van der Waals surface area contributed by atoms with Crippen molar-refractivity contribution in [2.75, 3.05) is 5.32 Å². The summed E-state index contributed by atoms with van der Waals surface area (Å²) in [5.74, 6) is 0.381. The van der Waals surface area contributed by atoms with E-state index in [-0.39, 0.29) is 12.0 Å². The fraction of sp³-hybridized carbons (Fsp3) is 0.250. The van der Waals surface area contributed by atoms with Gasteiger partial charge >= 0.3 is 0 Å². The molecule has 2 rings (SSSR count). The molecule has 0 bridgehead atoms. The third-order valence-electron chi connectivity index (χ3n) is 2.66. The summed E-state index contributed by atoms with van der Waals surface area (Å²) in [6.07, 6.45) is 1.66. The van der Waals surface area contributed by atoms with E-state index in [4.69, 9.17) is 4.74 Å². The zero-order valence-electron chi connectivity index (χ0n) is 11.9. The Labute approximate surface area is 118 Å². The van der Waals surface area contributed by atoms with Crippen molar-refractivity contribution in [2.45, 2.75) is 26.9 Å². The Hall–Kier alpha value is -2.36. The lowest BCUT2D eigenvalue weighted by atomic mass is 10.2. The molecule has 0 aliphatic heterocycles. The van der Waals surface area contributed by atoms with Gasteiger partial charge in [-0.1, -0.05) is 12.1 Å². The molecule has 104 valence electrons. The number of anilines is 1. The number of para-hydroxylation sites is 1. The van der Waals surface area contributed by atoms with Gasteiger partial charge in [0.1, 0.15) is 5.75 Å². The van der Waals surface area contributed by atoms with Crippen LogP contribution in [0, 0.1) is 6.92 Å². The normalized spacial score (nSPS) is 10.4. The fourth-order valence-electron chi connectivity index (χ4n) is 1.75. The van der Waals surface area contributed by atoms with E-state index in [2.05, 4.69) is 10.3 Å². The Kier molecular flexibility index (Phi) is 4.35. The van der Waals surface area contributed by atoms with Gasteiger partial charge in [-0.2, -0.15) is 0 Å². The number of carbonyl (C=O) groups excluding carboxylic acids is 1. The van der Waals surface area contributed by atoms with Crippen LogP contribution in [0.4, 0.5) is 5.69 Å². The van der Waals surface area contributed by atoms with Gasteiger partial charge in [0.2, 0.25) is 0 Å². The summed E-state index contributed by atoms with van der Waals surface area (Å²) in [4.78, 5) is 16.4. The van der Waals surface area contributed by atoms with Crippen LogP contribution in [0.1, 0.15) is 29.9 Å². The summed E-state index contributed by atoms with van der Waals surface area (Å²) in [7, 11) is 0. The molecule has 20 heavy (non-hydrogen) atoms. The van der Waals surface area contributed by atoms with Crippen molar-refractivity contribution in [2.24, 2.45) is 0 Å². The predicted octanol–water partition coefficient (Wildman–Crippen LogP) is 3.43. The summed E-state index contributed by atoms with van der Waals surface area (Å²) in [5.41, 5.74) is 2.09. The number of hydrogen-bond donors (Lipinski definition) is 1. The molecule has 1 N–H and O–H groups in total. The first-order valence-electron chi connectivity index (χ1n) is 6.56. The summed E-state index contributed by atoms with van der Waals surface area (Å²) in [6, 6.07) is 10.9. The minimum atomic E-state index is -0.202. The molecule has 0 fully saturated rings. The van der Waals surface area contributed by atoms with Gasteiger partial charge in [0.05, 0.1) is 23.6 Å². The molecule has 0 saturated heterocycles. The van der Waals surface area contributed by atoms with Crippen molar-refractivity contribution in [1.29, 1.82) is 0 Å². The quantitative estimate of drug-likeness (QED) is 0.926. The van der Waals surface area contributed by atoms with Crippen LogP contribution in [0.2, 0.25) is 0 Å². The second-order valence-electron chi connectivity index (χ2n) is 4.81. The summed E-state index contributed by atoms with van der Waals surface area (Å²) in [5, 5.41) is 2.82. The highest BCUT2D eigenvalue weighted by Crippen LogP contribution is 2.20. The van der Waals surface area contributed by atoms with Crippen molar-refractivity contribution >= 4 is 11.6 Å². The molecule has 4 heteroatoms. The van der Waals surface area contributed by atoms with E-state index < -0.39 is 0 Å². The molecule has 1 heterocycles. The standard InChI is InChI=1S/C16H18N2O2/c1-11(2)20-15-7-5-4-6-14(15)16(19)18-13-9-8-12(3)17-10-13/h4-11H,1-3H3,(H,18,19). The van der Waals surface area contributed by atoms with Crippen LogP contribution in [0.3, 0.4) is 0 Å². The van der Waals surface area contributed by atoms with E-state index in [1.165, 1.54) is 0 Å². The highest BCUT2D eigenvalue weighted by Gasteiger charge is 2.13. The van der Waals surface area contributed by atoms with Gasteiger partial charge in [0.15, 0.2) is 0 Å². The minimum absolute atomic E-state index is 0.0185. The van der Waals surface area contributed by atoms with E-state index in [0.717, 1.165) is 5.69 Å². The van der Waals surface area contributed by atoms with Crippen molar-refractivity contribution in [3.63, 3.8) is 0 Å². The lowest BCUT2D eigenvalue weighted by molar-refractivity contribution is 0.102. The summed E-state index contributed by atoms with van der Waals surface area (Å²) < 4.78 is 5.65. The molecule has 0 unspecified atom stereocenters. The Morgan fingerprint density at radius 3 is 2.60 bits per heavy atom. The van der Waals surface area contributed by atoms with E-state index >= 15 is 0 Å². The van der Waals surface area contributed by atoms with Gasteiger partial charge in [0, 0.05) is 5.69 Å². The number of pyridine rings is 1. The van der Waals surface area contributed by atoms with E-state index in [1.54, 1.807) is 18.3 Å². The minimum Gasteiger partial charge on any atom is -0.490 e. The summed E-state index contributed by atoms with van der Waals surface area (Å²) >= 11 is 0. The second-order valence-corrected chi connectivity index (χ2v) is 4.81. The molecule has 1 aromatic heterocycles. The van der Waals surface area contributed by atoms with Crippen LogP contribution < -0.4 is 10.1 Å². The first-order chi connectivity index (χ1) is 9.56. The molecule has 0 spiro atoms. The lowest BCUT2D eigenvalue weighted by Gasteiger charge is -2.14. The maximum atomic E-state index is 12.3. The smallest absolute Gasteiger partial charge is 0.259 e. The molecule has 1 amide bonds. The molecular formula is C16H18N2O2. The number of benzene rings is 1. The number of carbonyl (C=O) groups is 1. The highest BCUT2D eigenvalue weighted by atomic mass is 16.5. The number of aromatic nitrogens is 1. The third kappa shape index (κ3) is 3.57. The first-order valence-corrected chi connectivity index (χ1v) is 6.56. The van der Waals surface area contributed by atoms with Crippen LogP contribution in [-0.2, 0) is 0 Å². The van der Waals surface area contributed by atoms with Crippen LogP contribution >= 0.6 is 0 Å². The second kappa shape index (κ2) is 6.19. The summed E-state index contributed by atoms with van der Waals surface area (Å²) in [6.45, 7) is 5.76. The zero-order valence-corrected chi connectivity index (χ0v) is 11.9. The maximum absolute atomic E-state index is 12.3. The van der Waals surface area contributed by atoms with Crippen molar-refractivity contribution in [1.82, 2.24) is 4.98 Å². The average molecular weight is 270 g/mol. The van der Waals surface area contributed by atoms with Gasteiger partial charge in [-0.15, -0.1) is 0 Å². The number of rotatable bonds is 4. The number of amides is 1. The number of ether oxygens (including phenoxy) is 1.